The second-order valence-corrected chi connectivity index (χ2v) is 4.34. The van der Waals surface area contributed by atoms with E-state index in [2.05, 4.69) is 12.2 Å². The van der Waals surface area contributed by atoms with Crippen molar-refractivity contribution in [1.82, 2.24) is 5.32 Å². The summed E-state index contributed by atoms with van der Waals surface area (Å²) in [5.41, 5.74) is 1.20. The summed E-state index contributed by atoms with van der Waals surface area (Å²) in [4.78, 5) is 0. The minimum absolute atomic E-state index is 0.309. The first-order valence-corrected chi connectivity index (χ1v) is 6.34. The average Bonchev–Trinajstić information content (AvgIpc) is 2.89. The van der Waals surface area contributed by atoms with Crippen LogP contribution >= 0.6 is 0 Å². The molecule has 1 aromatic heterocycles. The van der Waals surface area contributed by atoms with E-state index in [1.807, 2.05) is 24.3 Å². The van der Waals surface area contributed by atoms with Crippen molar-refractivity contribution in [3.63, 3.8) is 0 Å². The van der Waals surface area contributed by atoms with Crippen molar-refractivity contribution in [2.75, 3.05) is 6.54 Å². The SMILES string of the molecule is CCC(NCCc1ccco1)c1ccc(O)cc1. The van der Waals surface area contributed by atoms with Crippen LogP contribution in [0.2, 0.25) is 0 Å². The maximum atomic E-state index is 9.28. The molecule has 0 aliphatic heterocycles. The highest BCUT2D eigenvalue weighted by Crippen LogP contribution is 2.19. The number of furan rings is 1. The van der Waals surface area contributed by atoms with Crippen LogP contribution in [0.15, 0.2) is 47.1 Å². The molecular formula is C15H19NO2. The second-order valence-electron chi connectivity index (χ2n) is 4.34. The fraction of sp³-hybridized carbons (Fsp3) is 0.333. The van der Waals surface area contributed by atoms with Crippen LogP contribution in [0.4, 0.5) is 0 Å². The van der Waals surface area contributed by atoms with Crippen molar-refractivity contribution in [3.8, 4) is 5.75 Å². The Labute approximate surface area is 107 Å². The molecule has 0 radical (unpaired) electrons. The lowest BCUT2D eigenvalue weighted by Gasteiger charge is -2.17. The third-order valence-electron chi connectivity index (χ3n) is 3.05. The van der Waals surface area contributed by atoms with Gasteiger partial charge in [-0.05, 0) is 36.2 Å². The summed E-state index contributed by atoms with van der Waals surface area (Å²) in [7, 11) is 0. The van der Waals surface area contributed by atoms with E-state index in [-0.39, 0.29) is 0 Å². The zero-order valence-electron chi connectivity index (χ0n) is 10.6. The number of phenolic OH excluding ortho intramolecular Hbond substituents is 1. The number of nitrogens with one attached hydrogen (secondary N) is 1. The van der Waals surface area contributed by atoms with Crippen LogP contribution in [-0.4, -0.2) is 11.7 Å². The Kier molecular flexibility index (Phi) is 4.42. The molecule has 3 nitrogen and oxygen atoms in total. The van der Waals surface area contributed by atoms with E-state index < -0.39 is 0 Å². The molecule has 0 aliphatic rings. The third-order valence-corrected chi connectivity index (χ3v) is 3.05. The van der Waals surface area contributed by atoms with Crippen LogP contribution in [0, 0.1) is 0 Å². The van der Waals surface area contributed by atoms with Gasteiger partial charge in [0.25, 0.3) is 0 Å². The lowest BCUT2D eigenvalue weighted by Crippen LogP contribution is -2.23. The van der Waals surface area contributed by atoms with Crippen molar-refractivity contribution in [1.29, 1.82) is 0 Å². The Morgan fingerprint density at radius 2 is 2.00 bits per heavy atom. The minimum Gasteiger partial charge on any atom is -0.508 e. The highest BCUT2D eigenvalue weighted by atomic mass is 16.3. The van der Waals surface area contributed by atoms with Gasteiger partial charge in [0.1, 0.15) is 11.5 Å². The molecule has 1 atom stereocenters. The minimum atomic E-state index is 0.309. The van der Waals surface area contributed by atoms with Gasteiger partial charge < -0.3 is 14.8 Å². The van der Waals surface area contributed by atoms with E-state index in [1.54, 1.807) is 18.4 Å². The quantitative estimate of drug-likeness (QED) is 0.821. The predicted octanol–water partition coefficient (Wildman–Crippen LogP) is 3.27. The molecule has 1 aromatic carbocycles. The predicted molar refractivity (Wildman–Crippen MR) is 71.6 cm³/mol. The number of hydrogen-bond acceptors (Lipinski definition) is 3. The van der Waals surface area contributed by atoms with Crippen molar-refractivity contribution in [2.24, 2.45) is 0 Å². The summed E-state index contributed by atoms with van der Waals surface area (Å²) >= 11 is 0. The summed E-state index contributed by atoms with van der Waals surface area (Å²) in [6, 6.07) is 11.6. The number of aromatic hydroxyl groups is 1. The molecule has 1 unspecified atom stereocenters. The summed E-state index contributed by atoms with van der Waals surface area (Å²) in [6.45, 7) is 3.03. The standard InChI is InChI=1S/C15H19NO2/c1-2-15(12-5-7-13(17)8-6-12)16-10-9-14-4-3-11-18-14/h3-8,11,15-17H,2,9-10H2,1H3. The van der Waals surface area contributed by atoms with Gasteiger partial charge >= 0.3 is 0 Å². The highest BCUT2D eigenvalue weighted by molar-refractivity contribution is 5.27. The van der Waals surface area contributed by atoms with Crippen molar-refractivity contribution in [3.05, 3.63) is 54.0 Å². The van der Waals surface area contributed by atoms with E-state index >= 15 is 0 Å². The van der Waals surface area contributed by atoms with Gasteiger partial charge in [0.15, 0.2) is 0 Å². The average molecular weight is 245 g/mol. The van der Waals surface area contributed by atoms with Gasteiger partial charge in [-0.25, -0.2) is 0 Å². The number of rotatable bonds is 6. The largest absolute Gasteiger partial charge is 0.508 e. The smallest absolute Gasteiger partial charge is 0.115 e. The Bertz CT molecular complexity index is 448. The van der Waals surface area contributed by atoms with Gasteiger partial charge in [0.2, 0.25) is 0 Å². The van der Waals surface area contributed by atoms with Gasteiger partial charge in [-0.3, -0.25) is 0 Å². The van der Waals surface area contributed by atoms with Gasteiger partial charge in [0, 0.05) is 19.0 Å². The Balaban J connectivity index is 1.87. The summed E-state index contributed by atoms with van der Waals surface area (Å²) in [6.07, 6.45) is 3.61. The monoisotopic (exact) mass is 245 g/mol. The molecule has 3 heteroatoms. The van der Waals surface area contributed by atoms with Crippen LogP contribution < -0.4 is 5.32 Å². The molecule has 18 heavy (non-hydrogen) atoms. The normalized spacial score (nSPS) is 12.5. The molecular weight excluding hydrogens is 226 g/mol. The molecule has 1 heterocycles. The van der Waals surface area contributed by atoms with Crippen LogP contribution in [0.5, 0.6) is 5.75 Å². The Morgan fingerprint density at radius 1 is 1.22 bits per heavy atom. The molecule has 0 fully saturated rings. The molecule has 96 valence electrons. The molecule has 0 aliphatic carbocycles. The van der Waals surface area contributed by atoms with Crippen LogP contribution in [0.3, 0.4) is 0 Å². The van der Waals surface area contributed by atoms with Gasteiger partial charge in [-0.1, -0.05) is 19.1 Å². The highest BCUT2D eigenvalue weighted by Gasteiger charge is 2.08. The molecule has 0 saturated heterocycles. The Hall–Kier alpha value is -1.74. The Morgan fingerprint density at radius 3 is 2.61 bits per heavy atom. The van der Waals surface area contributed by atoms with Crippen LogP contribution in [0.25, 0.3) is 0 Å². The number of hydrogen-bond donors (Lipinski definition) is 2. The molecule has 2 N–H and O–H groups in total. The summed E-state index contributed by atoms with van der Waals surface area (Å²) in [5.74, 6) is 1.31. The maximum Gasteiger partial charge on any atom is 0.115 e. The van der Waals surface area contributed by atoms with Gasteiger partial charge in [0.05, 0.1) is 6.26 Å². The van der Waals surface area contributed by atoms with E-state index in [0.29, 0.717) is 11.8 Å². The molecule has 0 spiro atoms. The maximum absolute atomic E-state index is 9.28. The zero-order chi connectivity index (χ0) is 12.8. The van der Waals surface area contributed by atoms with Crippen molar-refractivity contribution < 1.29 is 9.52 Å². The summed E-state index contributed by atoms with van der Waals surface area (Å²) < 4.78 is 5.30. The lowest BCUT2D eigenvalue weighted by molar-refractivity contribution is 0.467. The first kappa shape index (κ1) is 12.7. The van der Waals surface area contributed by atoms with E-state index in [4.69, 9.17) is 4.42 Å². The van der Waals surface area contributed by atoms with E-state index in [9.17, 15) is 5.11 Å². The lowest BCUT2D eigenvalue weighted by atomic mass is 10.0. The fourth-order valence-corrected chi connectivity index (χ4v) is 2.03. The first-order chi connectivity index (χ1) is 8.79. The second kappa shape index (κ2) is 6.26. The molecule has 2 aromatic rings. The molecule has 0 bridgehead atoms. The van der Waals surface area contributed by atoms with Gasteiger partial charge in [-0.15, -0.1) is 0 Å². The van der Waals surface area contributed by atoms with Crippen molar-refractivity contribution >= 4 is 0 Å². The fourth-order valence-electron chi connectivity index (χ4n) is 2.03. The number of benzene rings is 1. The van der Waals surface area contributed by atoms with Crippen LogP contribution in [0.1, 0.15) is 30.7 Å². The number of phenols is 1. The first-order valence-electron chi connectivity index (χ1n) is 6.34. The molecule has 2 rings (SSSR count). The third kappa shape index (κ3) is 3.37. The molecule has 0 saturated carbocycles. The topological polar surface area (TPSA) is 45.4 Å². The summed E-state index contributed by atoms with van der Waals surface area (Å²) in [5, 5.41) is 12.8. The van der Waals surface area contributed by atoms with Crippen molar-refractivity contribution in [2.45, 2.75) is 25.8 Å². The molecule has 0 amide bonds. The van der Waals surface area contributed by atoms with E-state index in [0.717, 1.165) is 25.1 Å². The van der Waals surface area contributed by atoms with Gasteiger partial charge in [-0.2, -0.15) is 0 Å². The zero-order valence-corrected chi connectivity index (χ0v) is 10.6. The van der Waals surface area contributed by atoms with Crippen LogP contribution in [-0.2, 0) is 6.42 Å². The van der Waals surface area contributed by atoms with E-state index in [1.165, 1.54) is 5.56 Å².